The van der Waals surface area contributed by atoms with E-state index in [-0.39, 0.29) is 0 Å². The highest BCUT2D eigenvalue weighted by Gasteiger charge is 2.04. The van der Waals surface area contributed by atoms with Crippen LogP contribution in [0.5, 0.6) is 0 Å². The Hall–Kier alpha value is -2.27. The lowest BCUT2D eigenvalue weighted by molar-refractivity contribution is 0.831. The summed E-state index contributed by atoms with van der Waals surface area (Å²) in [5.74, 6) is 0.685. The van der Waals surface area contributed by atoms with Crippen molar-refractivity contribution in [3.63, 3.8) is 0 Å². The van der Waals surface area contributed by atoms with Gasteiger partial charge in [-0.25, -0.2) is 9.67 Å². The molecule has 1 N–H and O–H groups in total. The third-order valence-electron chi connectivity index (χ3n) is 2.58. The number of H-pyrrole nitrogens is 1. The van der Waals surface area contributed by atoms with E-state index in [0.717, 1.165) is 11.3 Å². The maximum absolute atomic E-state index is 5.32. The highest BCUT2D eigenvalue weighted by Crippen LogP contribution is 2.18. The lowest BCUT2D eigenvalue weighted by atomic mass is 10.2. The lowest BCUT2D eigenvalue weighted by Gasteiger charge is -2.00. The average molecular weight is 254 g/mol. The summed E-state index contributed by atoms with van der Waals surface area (Å²) in [6.07, 6.45) is 4.94. The van der Waals surface area contributed by atoms with Gasteiger partial charge >= 0.3 is 0 Å². The number of benzene rings is 1. The molecule has 18 heavy (non-hydrogen) atoms. The first kappa shape index (κ1) is 10.9. The first-order chi connectivity index (χ1) is 8.84. The second-order valence-corrected chi connectivity index (χ2v) is 4.19. The minimum atomic E-state index is 0.675. The number of rotatable bonds is 2. The van der Waals surface area contributed by atoms with E-state index in [1.165, 1.54) is 0 Å². The van der Waals surface area contributed by atoms with Crippen LogP contribution in [0.3, 0.4) is 0 Å². The van der Waals surface area contributed by atoms with Crippen molar-refractivity contribution in [2.45, 2.75) is 0 Å². The SMILES string of the molecule is S=c1cc(-c2ccccc2)[nH]n1-c1cnccn1. The molecule has 3 rings (SSSR count). The van der Waals surface area contributed by atoms with Crippen LogP contribution in [-0.4, -0.2) is 19.7 Å². The summed E-state index contributed by atoms with van der Waals surface area (Å²) < 4.78 is 2.42. The Balaban J connectivity index is 2.10. The molecule has 1 aromatic carbocycles. The maximum Gasteiger partial charge on any atom is 0.171 e. The Morgan fingerprint density at radius 2 is 1.94 bits per heavy atom. The highest BCUT2D eigenvalue weighted by atomic mass is 32.1. The molecular formula is C13H10N4S. The van der Waals surface area contributed by atoms with Crippen molar-refractivity contribution in [1.29, 1.82) is 0 Å². The molecule has 0 bridgehead atoms. The molecule has 2 aromatic heterocycles. The van der Waals surface area contributed by atoms with Crippen LogP contribution < -0.4 is 0 Å². The Labute approximate surface area is 109 Å². The summed E-state index contributed by atoms with van der Waals surface area (Å²) in [7, 11) is 0. The average Bonchev–Trinajstić information content (AvgIpc) is 2.83. The van der Waals surface area contributed by atoms with E-state index in [1.807, 2.05) is 36.4 Å². The summed E-state index contributed by atoms with van der Waals surface area (Å²) in [5.41, 5.74) is 2.05. The van der Waals surface area contributed by atoms with Crippen molar-refractivity contribution in [3.05, 3.63) is 59.6 Å². The molecule has 0 aliphatic heterocycles. The van der Waals surface area contributed by atoms with Crippen molar-refractivity contribution < 1.29 is 0 Å². The van der Waals surface area contributed by atoms with Crippen molar-refractivity contribution in [2.24, 2.45) is 0 Å². The van der Waals surface area contributed by atoms with Crippen molar-refractivity contribution in [3.8, 4) is 17.1 Å². The molecule has 3 aromatic rings. The highest BCUT2D eigenvalue weighted by molar-refractivity contribution is 7.71. The van der Waals surface area contributed by atoms with Gasteiger partial charge < -0.3 is 0 Å². The molecule has 0 amide bonds. The van der Waals surface area contributed by atoms with E-state index in [9.17, 15) is 0 Å². The molecule has 0 fully saturated rings. The van der Waals surface area contributed by atoms with Crippen LogP contribution in [-0.2, 0) is 0 Å². The van der Waals surface area contributed by atoms with E-state index in [1.54, 1.807) is 23.3 Å². The first-order valence-electron chi connectivity index (χ1n) is 5.48. The zero-order chi connectivity index (χ0) is 12.4. The topological polar surface area (TPSA) is 46.5 Å². The van der Waals surface area contributed by atoms with Gasteiger partial charge in [0.1, 0.15) is 4.64 Å². The van der Waals surface area contributed by atoms with Crippen LogP contribution in [0.2, 0.25) is 0 Å². The largest absolute Gasteiger partial charge is 0.291 e. The zero-order valence-electron chi connectivity index (χ0n) is 9.45. The van der Waals surface area contributed by atoms with Gasteiger partial charge in [-0.1, -0.05) is 42.5 Å². The molecule has 0 aliphatic rings. The third kappa shape index (κ3) is 1.96. The Morgan fingerprint density at radius 1 is 1.11 bits per heavy atom. The fourth-order valence-electron chi connectivity index (χ4n) is 1.74. The van der Waals surface area contributed by atoms with Gasteiger partial charge in [-0.3, -0.25) is 10.1 Å². The number of hydrogen-bond donors (Lipinski definition) is 1. The van der Waals surface area contributed by atoms with Gasteiger partial charge in [0.15, 0.2) is 5.82 Å². The van der Waals surface area contributed by atoms with E-state index in [4.69, 9.17) is 12.2 Å². The van der Waals surface area contributed by atoms with Crippen LogP contribution >= 0.6 is 12.2 Å². The van der Waals surface area contributed by atoms with Crippen molar-refractivity contribution >= 4 is 12.2 Å². The quantitative estimate of drug-likeness (QED) is 0.715. The maximum atomic E-state index is 5.32. The van der Waals surface area contributed by atoms with E-state index in [0.29, 0.717) is 10.5 Å². The van der Waals surface area contributed by atoms with Crippen LogP contribution in [0.25, 0.3) is 17.1 Å². The molecule has 0 aliphatic carbocycles. The standard InChI is InChI=1S/C13H10N4S/c18-13-8-11(10-4-2-1-3-5-10)16-17(13)12-9-14-6-7-15-12/h1-9,16H. The molecule has 0 saturated heterocycles. The van der Waals surface area contributed by atoms with Crippen molar-refractivity contribution in [2.75, 3.05) is 0 Å². The van der Waals surface area contributed by atoms with Gasteiger partial charge in [-0.2, -0.15) is 0 Å². The zero-order valence-corrected chi connectivity index (χ0v) is 10.3. The molecule has 4 nitrogen and oxygen atoms in total. The van der Waals surface area contributed by atoms with Gasteiger partial charge in [-0.05, 0) is 5.56 Å². The van der Waals surface area contributed by atoms with Gasteiger partial charge in [0, 0.05) is 18.5 Å². The van der Waals surface area contributed by atoms with Crippen LogP contribution in [0.1, 0.15) is 0 Å². The fourth-order valence-corrected chi connectivity index (χ4v) is 2.00. The summed E-state index contributed by atoms with van der Waals surface area (Å²) >= 11 is 5.32. The Bertz CT molecular complexity index is 701. The number of hydrogen-bond acceptors (Lipinski definition) is 3. The number of nitrogens with one attached hydrogen (secondary N) is 1. The summed E-state index contributed by atoms with van der Waals surface area (Å²) in [6, 6.07) is 11.9. The normalized spacial score (nSPS) is 10.4. The van der Waals surface area contributed by atoms with E-state index < -0.39 is 0 Å². The molecule has 88 valence electrons. The lowest BCUT2D eigenvalue weighted by Crippen LogP contribution is -1.99. The first-order valence-corrected chi connectivity index (χ1v) is 5.89. The molecule has 2 heterocycles. The van der Waals surface area contributed by atoms with Gasteiger partial charge in [0.2, 0.25) is 0 Å². The number of aromatic nitrogens is 4. The molecule has 5 heteroatoms. The van der Waals surface area contributed by atoms with Crippen LogP contribution in [0.15, 0.2) is 55.0 Å². The van der Waals surface area contributed by atoms with Crippen LogP contribution in [0, 0.1) is 4.64 Å². The number of aromatic amines is 1. The predicted molar refractivity (Wildman–Crippen MR) is 72.0 cm³/mol. The molecule has 0 saturated carbocycles. The second-order valence-electron chi connectivity index (χ2n) is 3.77. The van der Waals surface area contributed by atoms with Gasteiger partial charge in [-0.15, -0.1) is 0 Å². The molecule has 0 unspecified atom stereocenters. The van der Waals surface area contributed by atoms with Crippen LogP contribution in [0.4, 0.5) is 0 Å². The minimum absolute atomic E-state index is 0.675. The van der Waals surface area contributed by atoms with Gasteiger partial charge in [0.05, 0.1) is 11.9 Å². The summed E-state index contributed by atoms with van der Waals surface area (Å²) in [5, 5.41) is 3.22. The molecular weight excluding hydrogens is 244 g/mol. The Kier molecular flexibility index (Phi) is 2.74. The molecule has 0 atom stereocenters. The fraction of sp³-hybridized carbons (Fsp3) is 0. The second kappa shape index (κ2) is 4.54. The summed E-state index contributed by atoms with van der Waals surface area (Å²) in [4.78, 5) is 8.25. The third-order valence-corrected chi connectivity index (χ3v) is 2.88. The van der Waals surface area contributed by atoms with Crippen molar-refractivity contribution in [1.82, 2.24) is 19.7 Å². The molecule has 0 spiro atoms. The minimum Gasteiger partial charge on any atom is -0.291 e. The molecule has 0 radical (unpaired) electrons. The van der Waals surface area contributed by atoms with E-state index >= 15 is 0 Å². The van der Waals surface area contributed by atoms with E-state index in [2.05, 4.69) is 15.1 Å². The summed E-state index contributed by atoms with van der Waals surface area (Å²) in [6.45, 7) is 0. The number of nitrogens with zero attached hydrogens (tertiary/aromatic N) is 3. The monoisotopic (exact) mass is 254 g/mol. The van der Waals surface area contributed by atoms with Gasteiger partial charge in [0.25, 0.3) is 0 Å². The smallest absolute Gasteiger partial charge is 0.171 e. The predicted octanol–water partition coefficient (Wildman–Crippen LogP) is 2.99. The Morgan fingerprint density at radius 3 is 2.67 bits per heavy atom.